The summed E-state index contributed by atoms with van der Waals surface area (Å²) < 4.78 is 21.8. The van der Waals surface area contributed by atoms with Crippen molar-refractivity contribution in [1.29, 1.82) is 0 Å². The molecule has 51 heavy (non-hydrogen) atoms. The minimum absolute atomic E-state index is 0.0103. The van der Waals surface area contributed by atoms with E-state index in [1.807, 2.05) is 30.0 Å². The van der Waals surface area contributed by atoms with Crippen molar-refractivity contribution in [2.75, 3.05) is 43.5 Å². The number of hydrogen-bond acceptors (Lipinski definition) is 7. The fraction of sp³-hybridized carbons (Fsp3) is 0.590. The lowest BCUT2D eigenvalue weighted by molar-refractivity contribution is -0.124. The molecule has 3 heterocycles. The Morgan fingerprint density at radius 3 is 2.47 bits per heavy atom. The maximum atomic E-state index is 15.0. The van der Waals surface area contributed by atoms with Gasteiger partial charge in [0.1, 0.15) is 11.6 Å². The molecule has 5 aliphatic rings. The van der Waals surface area contributed by atoms with Gasteiger partial charge in [-0.05, 0) is 93.0 Å². The van der Waals surface area contributed by atoms with Crippen molar-refractivity contribution in [2.24, 2.45) is 28.2 Å². The zero-order valence-electron chi connectivity index (χ0n) is 31.0. The highest BCUT2D eigenvalue weighted by molar-refractivity contribution is 5.98. The molecule has 0 radical (unpaired) electrons. The molecule has 3 aliphatic carbocycles. The summed E-state index contributed by atoms with van der Waals surface area (Å²) in [6.45, 7) is 15.9. The largest absolute Gasteiger partial charge is 0.497 e. The van der Waals surface area contributed by atoms with Gasteiger partial charge in [-0.15, -0.1) is 0 Å². The minimum Gasteiger partial charge on any atom is -0.497 e. The van der Waals surface area contributed by atoms with Gasteiger partial charge in [0.25, 0.3) is 5.56 Å². The molecule has 3 saturated carbocycles. The fourth-order valence-electron chi connectivity index (χ4n) is 9.18. The molecule has 8 rings (SSSR count). The molecule has 11 nitrogen and oxygen atoms in total. The smallest absolute Gasteiger partial charge is 0.262 e. The van der Waals surface area contributed by atoms with Crippen LogP contribution in [-0.4, -0.2) is 83.8 Å². The molecule has 2 saturated heterocycles. The lowest BCUT2D eigenvalue weighted by atomic mass is 9.45. The second-order valence-corrected chi connectivity index (χ2v) is 16.1. The van der Waals surface area contributed by atoms with Crippen molar-refractivity contribution in [3.8, 4) is 5.75 Å². The van der Waals surface area contributed by atoms with Crippen LogP contribution in [0.3, 0.4) is 0 Å². The Hall–Kier alpha value is -4.19. The van der Waals surface area contributed by atoms with Crippen LogP contribution >= 0.6 is 0 Å². The van der Waals surface area contributed by atoms with Crippen LogP contribution in [0.5, 0.6) is 5.75 Å². The summed E-state index contributed by atoms with van der Waals surface area (Å²) in [6.07, 6.45) is 2.63. The summed E-state index contributed by atoms with van der Waals surface area (Å²) in [5.41, 5.74) is 2.02. The van der Waals surface area contributed by atoms with Crippen LogP contribution in [-0.2, 0) is 17.8 Å². The van der Waals surface area contributed by atoms with E-state index >= 15 is 0 Å². The van der Waals surface area contributed by atoms with Gasteiger partial charge in [-0.3, -0.25) is 14.2 Å². The number of aryl methyl sites for hydroxylation is 1. The van der Waals surface area contributed by atoms with E-state index in [2.05, 4.69) is 55.5 Å². The van der Waals surface area contributed by atoms with Crippen molar-refractivity contribution >= 4 is 34.4 Å². The molecular weight excluding hydrogens is 647 g/mol. The second kappa shape index (κ2) is 13.7. The number of anilines is 2. The van der Waals surface area contributed by atoms with E-state index in [4.69, 9.17) is 14.7 Å². The Labute approximate surface area is 300 Å². The lowest BCUT2D eigenvalue weighted by Crippen LogP contribution is -2.58. The van der Waals surface area contributed by atoms with E-state index in [1.165, 1.54) is 19.6 Å². The minimum atomic E-state index is -0.362. The molecule has 1 aromatic heterocycles. The second-order valence-electron chi connectivity index (χ2n) is 16.1. The van der Waals surface area contributed by atoms with Crippen LogP contribution in [0.15, 0.2) is 46.2 Å². The zero-order chi connectivity index (χ0) is 36.2. The highest BCUT2D eigenvalue weighted by Gasteiger charge is 2.56. The molecule has 7 atom stereocenters. The molecule has 3 aromatic rings. The summed E-state index contributed by atoms with van der Waals surface area (Å²) in [6, 6.07) is 11.0. The van der Waals surface area contributed by atoms with Gasteiger partial charge in [0, 0.05) is 56.1 Å². The molecule has 3 N–H and O–H groups in total. The number of nitrogens with one attached hydrogen (secondary N) is 3. The van der Waals surface area contributed by atoms with Gasteiger partial charge in [-0.1, -0.05) is 26.8 Å². The Morgan fingerprint density at radius 1 is 1.04 bits per heavy atom. The van der Waals surface area contributed by atoms with Crippen LogP contribution in [0, 0.1) is 29.0 Å². The van der Waals surface area contributed by atoms with Gasteiger partial charge < -0.3 is 30.5 Å². The van der Waals surface area contributed by atoms with Crippen molar-refractivity contribution in [3.05, 3.63) is 58.1 Å². The SMILES string of the molecule is COc1ccc(CCn2c(N3C[C@@H](C)N[C@@H](C)C3)nc3cc(NC(=NC4C[C@@H]5C[C@H]([C@@H]4C)C5(C)C)N4CC(=O)N[C@@H](C)C4)ccc3c2=O)c(F)c1. The predicted octanol–water partition coefficient (Wildman–Crippen LogP) is 4.63. The van der Waals surface area contributed by atoms with Gasteiger partial charge in [-0.25, -0.2) is 14.4 Å². The molecular formula is C39H53FN8O3. The Balaban J connectivity index is 1.24. The maximum Gasteiger partial charge on any atom is 0.262 e. The van der Waals surface area contributed by atoms with Gasteiger partial charge in [0.05, 0.1) is 30.6 Å². The number of piperazine rings is 2. The van der Waals surface area contributed by atoms with E-state index in [9.17, 15) is 14.0 Å². The van der Waals surface area contributed by atoms with E-state index < -0.39 is 0 Å². The predicted molar refractivity (Wildman–Crippen MR) is 200 cm³/mol. The summed E-state index contributed by atoms with van der Waals surface area (Å²) in [5, 5.41) is 10.7. The van der Waals surface area contributed by atoms with Crippen molar-refractivity contribution in [3.63, 3.8) is 0 Å². The quantitative estimate of drug-likeness (QED) is 0.242. The third kappa shape index (κ3) is 6.91. The molecule has 0 spiro atoms. The Kier molecular flexibility index (Phi) is 9.49. The number of aromatic nitrogens is 2. The molecule has 2 bridgehead atoms. The molecule has 2 aromatic carbocycles. The van der Waals surface area contributed by atoms with E-state index in [1.54, 1.807) is 16.7 Å². The first-order valence-corrected chi connectivity index (χ1v) is 18.6. The number of amides is 1. The van der Waals surface area contributed by atoms with Crippen LogP contribution in [0.1, 0.15) is 59.9 Å². The lowest BCUT2D eigenvalue weighted by Gasteiger charge is -2.61. The van der Waals surface area contributed by atoms with Gasteiger partial charge in [0.2, 0.25) is 11.9 Å². The maximum absolute atomic E-state index is 15.0. The van der Waals surface area contributed by atoms with Crippen LogP contribution in [0.4, 0.5) is 16.0 Å². The highest BCUT2D eigenvalue weighted by Crippen LogP contribution is 2.61. The molecule has 2 aliphatic heterocycles. The number of carbonyl (C=O) groups excluding carboxylic acids is 1. The number of halogens is 1. The van der Waals surface area contributed by atoms with E-state index in [0.29, 0.717) is 83.3 Å². The number of ether oxygens (including phenoxy) is 1. The number of rotatable bonds is 7. The van der Waals surface area contributed by atoms with Crippen molar-refractivity contribution < 1.29 is 13.9 Å². The van der Waals surface area contributed by atoms with E-state index in [-0.39, 0.29) is 54.5 Å². The third-order valence-electron chi connectivity index (χ3n) is 12.0. The average molecular weight is 701 g/mol. The normalized spacial score (nSPS) is 29.1. The number of guanidine groups is 1. The molecule has 5 fully saturated rings. The van der Waals surface area contributed by atoms with Crippen molar-refractivity contribution in [2.45, 2.75) is 91.5 Å². The van der Waals surface area contributed by atoms with Gasteiger partial charge >= 0.3 is 0 Å². The van der Waals surface area contributed by atoms with Crippen LogP contribution in [0.25, 0.3) is 10.9 Å². The Morgan fingerprint density at radius 2 is 1.80 bits per heavy atom. The van der Waals surface area contributed by atoms with Crippen LogP contribution in [0.2, 0.25) is 0 Å². The molecule has 1 unspecified atom stereocenters. The first-order chi connectivity index (χ1) is 24.3. The highest BCUT2D eigenvalue weighted by atomic mass is 19.1. The van der Waals surface area contributed by atoms with Crippen molar-refractivity contribution in [1.82, 2.24) is 25.1 Å². The first-order valence-electron chi connectivity index (χ1n) is 18.6. The molecule has 12 heteroatoms. The number of fused-ring (bicyclic) bond motifs is 3. The number of benzene rings is 2. The van der Waals surface area contributed by atoms with Gasteiger partial charge in [-0.2, -0.15) is 0 Å². The van der Waals surface area contributed by atoms with Crippen LogP contribution < -0.4 is 31.1 Å². The standard InChI is InChI=1S/C39H53FN8O3/c1-22-19-47(20-23(2)41-22)38-45-34-16-28(9-11-30(34)36(50)48(38)13-12-26-8-10-29(51-7)17-32(26)40)43-37(46-18-24(3)42-35(49)21-46)44-33-15-27-14-31(25(33)4)39(27,5)6/h8-11,16-17,22-25,27,31,33,41H,12-15,18-21H2,1-7H3,(H,42,49)(H,43,44)/t22-,23+,24-,25-,27-,31+,33?/m0/s1. The Bertz CT molecular complexity index is 1880. The number of hydrogen-bond donors (Lipinski definition) is 3. The zero-order valence-corrected chi connectivity index (χ0v) is 31.0. The number of nitrogens with zero attached hydrogens (tertiary/aromatic N) is 5. The number of aliphatic imine (C=N–C) groups is 1. The summed E-state index contributed by atoms with van der Waals surface area (Å²) in [7, 11) is 1.51. The topological polar surface area (TPSA) is 116 Å². The molecule has 1 amide bonds. The number of carbonyl (C=O) groups is 1. The number of methoxy groups -OCH3 is 1. The van der Waals surface area contributed by atoms with Gasteiger partial charge in [0.15, 0.2) is 5.96 Å². The summed E-state index contributed by atoms with van der Waals surface area (Å²) in [4.78, 5) is 41.7. The molecule has 274 valence electrons. The average Bonchev–Trinajstić information content (AvgIpc) is 3.07. The summed E-state index contributed by atoms with van der Waals surface area (Å²) in [5.74, 6) is 3.06. The fourth-order valence-corrected chi connectivity index (χ4v) is 9.18. The first kappa shape index (κ1) is 35.2. The third-order valence-corrected chi connectivity index (χ3v) is 12.0. The summed E-state index contributed by atoms with van der Waals surface area (Å²) >= 11 is 0. The van der Waals surface area contributed by atoms with E-state index in [0.717, 1.165) is 12.1 Å². The monoisotopic (exact) mass is 700 g/mol.